The third-order valence-electron chi connectivity index (χ3n) is 2.38. The Morgan fingerprint density at radius 1 is 1.39 bits per heavy atom. The van der Waals surface area contributed by atoms with Crippen LogP contribution in [0, 0.1) is 11.3 Å². The van der Waals surface area contributed by atoms with Crippen molar-refractivity contribution in [2.75, 3.05) is 26.1 Å². The predicted octanol–water partition coefficient (Wildman–Crippen LogP) is 3.34. The second-order valence-corrected chi connectivity index (χ2v) is 4.70. The highest BCUT2D eigenvalue weighted by Gasteiger charge is 2.13. The zero-order valence-electron chi connectivity index (χ0n) is 11.1. The molecule has 0 bridgehead atoms. The van der Waals surface area contributed by atoms with Crippen LogP contribution < -0.4 is 14.8 Å². The summed E-state index contributed by atoms with van der Waals surface area (Å²) in [7, 11) is 3.34. The average molecular weight is 271 g/mol. The second kappa shape index (κ2) is 6.50. The quantitative estimate of drug-likeness (QED) is 0.780. The van der Waals surface area contributed by atoms with Gasteiger partial charge in [0, 0.05) is 24.4 Å². The van der Waals surface area contributed by atoms with Gasteiger partial charge in [0.2, 0.25) is 0 Å². The summed E-state index contributed by atoms with van der Waals surface area (Å²) in [5.74, 6) is 1.66. The molecule has 100 valence electrons. The first kappa shape index (κ1) is 14.6. The van der Waals surface area contributed by atoms with Gasteiger partial charge in [-0.05, 0) is 12.0 Å². The fraction of sp³-hybridized carbons (Fsp3) is 0.462. The van der Waals surface area contributed by atoms with Crippen molar-refractivity contribution >= 4 is 22.5 Å². The molecular weight excluding hydrogens is 252 g/mol. The molecule has 0 amide bonds. The van der Waals surface area contributed by atoms with Crippen LogP contribution in [0.15, 0.2) is 12.1 Å². The highest BCUT2D eigenvalue weighted by molar-refractivity contribution is 6.69. The van der Waals surface area contributed by atoms with Crippen molar-refractivity contribution < 1.29 is 9.47 Å². The van der Waals surface area contributed by atoms with Crippen LogP contribution in [0.4, 0.5) is 5.69 Å². The Hall–Kier alpha value is -1.42. The summed E-state index contributed by atoms with van der Waals surface area (Å²) in [6.07, 6.45) is 0. The van der Waals surface area contributed by atoms with E-state index in [4.69, 9.17) is 26.5 Å². The summed E-state index contributed by atoms with van der Waals surface area (Å²) in [6.45, 7) is 4.76. The van der Waals surface area contributed by atoms with E-state index in [2.05, 4.69) is 19.2 Å². The number of ether oxygens (including phenoxy) is 2. The van der Waals surface area contributed by atoms with E-state index < -0.39 is 0 Å². The molecule has 0 spiro atoms. The van der Waals surface area contributed by atoms with Gasteiger partial charge in [-0.15, -0.1) is 0 Å². The topological polar surface area (TPSA) is 54.3 Å². The van der Waals surface area contributed by atoms with Gasteiger partial charge in [0.15, 0.2) is 11.5 Å². The lowest BCUT2D eigenvalue weighted by Crippen LogP contribution is -2.07. The molecule has 0 heterocycles. The maximum absolute atomic E-state index is 7.52. The maximum atomic E-state index is 7.52. The lowest BCUT2D eigenvalue weighted by atomic mass is 10.1. The first-order chi connectivity index (χ1) is 8.49. The lowest BCUT2D eigenvalue weighted by Gasteiger charge is -2.16. The van der Waals surface area contributed by atoms with Crippen LogP contribution in [0.1, 0.15) is 19.4 Å². The summed E-state index contributed by atoms with van der Waals surface area (Å²) in [5.41, 5.74) is 1.34. The van der Waals surface area contributed by atoms with Crippen molar-refractivity contribution in [1.82, 2.24) is 0 Å². The molecule has 0 unspecified atom stereocenters. The molecule has 0 radical (unpaired) electrons. The van der Waals surface area contributed by atoms with Crippen LogP contribution in [0.2, 0.25) is 0 Å². The van der Waals surface area contributed by atoms with Crippen molar-refractivity contribution in [3.63, 3.8) is 0 Å². The third-order valence-corrected chi connectivity index (χ3v) is 2.59. The van der Waals surface area contributed by atoms with E-state index in [9.17, 15) is 0 Å². The molecule has 0 atom stereocenters. The minimum absolute atomic E-state index is 0.0342. The summed E-state index contributed by atoms with van der Waals surface area (Å²) in [5, 5.41) is 10.5. The smallest absolute Gasteiger partial charge is 0.163 e. The Kier molecular flexibility index (Phi) is 5.28. The molecule has 5 heteroatoms. The Labute approximate surface area is 113 Å². The molecule has 0 aliphatic heterocycles. The van der Waals surface area contributed by atoms with E-state index in [1.807, 2.05) is 0 Å². The minimum Gasteiger partial charge on any atom is -0.493 e. The molecule has 0 saturated heterocycles. The lowest BCUT2D eigenvalue weighted by molar-refractivity contribution is 0.257. The van der Waals surface area contributed by atoms with E-state index in [1.165, 1.54) is 0 Å². The van der Waals surface area contributed by atoms with E-state index >= 15 is 0 Å². The number of nitrogens with one attached hydrogen (secondary N) is 2. The third kappa shape index (κ3) is 3.53. The van der Waals surface area contributed by atoms with E-state index in [1.54, 1.807) is 26.3 Å². The molecule has 4 nitrogen and oxygen atoms in total. The number of hydrogen-bond donors (Lipinski definition) is 2. The number of rotatable bonds is 6. The monoisotopic (exact) mass is 270 g/mol. The highest BCUT2D eigenvalue weighted by atomic mass is 35.5. The number of hydrogen-bond acceptors (Lipinski definition) is 4. The Morgan fingerprint density at radius 3 is 2.50 bits per heavy atom. The van der Waals surface area contributed by atoms with Crippen LogP contribution in [0.25, 0.3) is 0 Å². The van der Waals surface area contributed by atoms with E-state index in [-0.39, 0.29) is 5.17 Å². The number of methoxy groups -OCH3 is 1. The van der Waals surface area contributed by atoms with Crippen LogP contribution in [0.3, 0.4) is 0 Å². The molecule has 0 aliphatic carbocycles. The molecule has 0 aromatic heterocycles. The minimum atomic E-state index is -0.0342. The van der Waals surface area contributed by atoms with Crippen LogP contribution >= 0.6 is 11.6 Å². The van der Waals surface area contributed by atoms with Crippen LogP contribution in [-0.4, -0.2) is 25.9 Å². The molecule has 18 heavy (non-hydrogen) atoms. The van der Waals surface area contributed by atoms with E-state index in [0.717, 1.165) is 5.69 Å². The highest BCUT2D eigenvalue weighted by Crippen LogP contribution is 2.34. The van der Waals surface area contributed by atoms with Crippen LogP contribution in [0.5, 0.6) is 11.5 Å². The van der Waals surface area contributed by atoms with Crippen molar-refractivity contribution in [1.29, 1.82) is 5.41 Å². The Bertz CT molecular complexity index is 433. The van der Waals surface area contributed by atoms with Gasteiger partial charge in [0.05, 0.1) is 13.7 Å². The molecule has 0 fully saturated rings. The Balaban J connectivity index is 3.13. The van der Waals surface area contributed by atoms with Crippen molar-refractivity contribution in [3.05, 3.63) is 17.7 Å². The molecule has 1 aromatic carbocycles. The standard InChI is InChI=1S/C13H19ClN2O2/c1-8(2)7-18-12-6-10(16-3)9(13(14)15)5-11(12)17-4/h5-6,8,15-16H,7H2,1-4H3. The fourth-order valence-electron chi connectivity index (χ4n) is 1.48. The van der Waals surface area contributed by atoms with Gasteiger partial charge in [0.1, 0.15) is 5.17 Å². The molecule has 0 aliphatic rings. The number of benzene rings is 1. The van der Waals surface area contributed by atoms with Gasteiger partial charge in [-0.2, -0.15) is 0 Å². The van der Waals surface area contributed by atoms with Crippen molar-refractivity contribution in [2.45, 2.75) is 13.8 Å². The van der Waals surface area contributed by atoms with Gasteiger partial charge in [-0.3, -0.25) is 5.41 Å². The average Bonchev–Trinajstić information content (AvgIpc) is 2.34. The fourth-order valence-corrected chi connectivity index (χ4v) is 1.63. The number of anilines is 1. The zero-order valence-corrected chi connectivity index (χ0v) is 11.9. The normalized spacial score (nSPS) is 10.3. The van der Waals surface area contributed by atoms with E-state index in [0.29, 0.717) is 29.6 Å². The van der Waals surface area contributed by atoms with Gasteiger partial charge in [-0.25, -0.2) is 0 Å². The molecule has 1 aromatic rings. The summed E-state index contributed by atoms with van der Waals surface area (Å²) < 4.78 is 10.9. The van der Waals surface area contributed by atoms with Crippen LogP contribution in [-0.2, 0) is 0 Å². The Morgan fingerprint density at radius 2 is 2.06 bits per heavy atom. The van der Waals surface area contributed by atoms with Gasteiger partial charge in [0.25, 0.3) is 0 Å². The zero-order chi connectivity index (χ0) is 13.7. The molecular formula is C13H19ClN2O2. The van der Waals surface area contributed by atoms with Crippen molar-refractivity contribution in [2.24, 2.45) is 5.92 Å². The number of halogens is 1. The molecule has 1 rings (SSSR count). The summed E-state index contributed by atoms with van der Waals surface area (Å²) >= 11 is 5.74. The SMILES string of the molecule is CNc1cc(OCC(C)C)c(OC)cc1C(=N)Cl. The molecule has 0 saturated carbocycles. The maximum Gasteiger partial charge on any atom is 0.163 e. The first-order valence-corrected chi connectivity index (χ1v) is 6.14. The molecule has 2 N–H and O–H groups in total. The first-order valence-electron chi connectivity index (χ1n) is 5.76. The predicted molar refractivity (Wildman–Crippen MR) is 75.6 cm³/mol. The summed E-state index contributed by atoms with van der Waals surface area (Å²) in [6, 6.07) is 3.50. The second-order valence-electron chi connectivity index (χ2n) is 4.32. The van der Waals surface area contributed by atoms with Crippen molar-refractivity contribution in [3.8, 4) is 11.5 Å². The van der Waals surface area contributed by atoms with Gasteiger partial charge in [-0.1, -0.05) is 25.4 Å². The van der Waals surface area contributed by atoms with Gasteiger partial charge >= 0.3 is 0 Å². The summed E-state index contributed by atoms with van der Waals surface area (Å²) in [4.78, 5) is 0. The van der Waals surface area contributed by atoms with Gasteiger partial charge < -0.3 is 14.8 Å². The largest absolute Gasteiger partial charge is 0.493 e.